The van der Waals surface area contributed by atoms with Crippen LogP contribution < -0.4 is 4.90 Å². The van der Waals surface area contributed by atoms with Crippen molar-refractivity contribution in [3.63, 3.8) is 0 Å². The fourth-order valence-corrected chi connectivity index (χ4v) is 4.39. The van der Waals surface area contributed by atoms with E-state index in [9.17, 15) is 9.59 Å². The molecule has 116 valence electrons. The van der Waals surface area contributed by atoms with E-state index < -0.39 is 0 Å². The number of nitrogens with zero attached hydrogens (tertiary/aromatic N) is 1. The number of rotatable bonds is 2. The first-order chi connectivity index (χ1) is 10.7. The van der Waals surface area contributed by atoms with E-state index in [1.54, 1.807) is 4.90 Å². The van der Waals surface area contributed by atoms with Gasteiger partial charge in [0.2, 0.25) is 11.8 Å². The summed E-state index contributed by atoms with van der Waals surface area (Å²) in [5.41, 5.74) is 2.78. The molecular weight excluding hydrogens is 276 g/mol. The van der Waals surface area contributed by atoms with E-state index in [4.69, 9.17) is 0 Å². The summed E-state index contributed by atoms with van der Waals surface area (Å²) >= 11 is 0. The van der Waals surface area contributed by atoms with Gasteiger partial charge in [-0.3, -0.25) is 9.59 Å². The zero-order chi connectivity index (χ0) is 15.1. The van der Waals surface area contributed by atoms with Crippen molar-refractivity contribution < 1.29 is 14.5 Å². The predicted molar refractivity (Wildman–Crippen MR) is 81.8 cm³/mol. The van der Waals surface area contributed by atoms with E-state index in [0.717, 1.165) is 45.2 Å². The first-order valence-electron chi connectivity index (χ1n) is 8.49. The number of amides is 2. The van der Waals surface area contributed by atoms with Crippen LogP contribution in [0.3, 0.4) is 0 Å². The molecular formula is C18H23N2O2+. The molecule has 1 unspecified atom stereocenters. The number of imide groups is 1. The quantitative estimate of drug-likeness (QED) is 0.819. The summed E-state index contributed by atoms with van der Waals surface area (Å²) in [4.78, 5) is 28.0. The van der Waals surface area contributed by atoms with Crippen LogP contribution in [0.15, 0.2) is 24.3 Å². The number of hydrogen-bond acceptors (Lipinski definition) is 2. The number of fused-ring (bicyclic) bond motifs is 2. The Balaban J connectivity index is 1.48. The lowest BCUT2D eigenvalue weighted by Gasteiger charge is -2.28. The second-order valence-electron chi connectivity index (χ2n) is 6.96. The van der Waals surface area contributed by atoms with Gasteiger partial charge in [0.15, 0.2) is 6.67 Å². The molecule has 1 aromatic carbocycles. The van der Waals surface area contributed by atoms with Crippen LogP contribution in [0, 0.1) is 11.8 Å². The smallest absolute Gasteiger partial charge is 0.237 e. The van der Waals surface area contributed by atoms with Crippen LogP contribution in [0.25, 0.3) is 0 Å². The minimum Gasteiger partial charge on any atom is -0.313 e. The van der Waals surface area contributed by atoms with E-state index in [0.29, 0.717) is 6.67 Å². The number of carbonyl (C=O) groups excluding carboxylic acids is 2. The Morgan fingerprint density at radius 2 is 1.64 bits per heavy atom. The predicted octanol–water partition coefficient (Wildman–Crippen LogP) is 0.760. The molecule has 2 fully saturated rings. The van der Waals surface area contributed by atoms with Gasteiger partial charge in [-0.05, 0) is 18.4 Å². The molecule has 22 heavy (non-hydrogen) atoms. The summed E-state index contributed by atoms with van der Waals surface area (Å²) < 4.78 is 0. The van der Waals surface area contributed by atoms with Crippen LogP contribution in [0.5, 0.6) is 0 Å². The van der Waals surface area contributed by atoms with E-state index in [1.165, 1.54) is 16.0 Å². The molecule has 3 aliphatic rings. The molecule has 2 amide bonds. The van der Waals surface area contributed by atoms with Crippen LogP contribution in [0.2, 0.25) is 0 Å². The maximum absolute atomic E-state index is 12.6. The lowest BCUT2D eigenvalue weighted by atomic mass is 9.81. The molecule has 0 radical (unpaired) electrons. The highest BCUT2D eigenvalue weighted by Crippen LogP contribution is 2.37. The van der Waals surface area contributed by atoms with Gasteiger partial charge >= 0.3 is 0 Å². The number of quaternary nitrogens is 1. The number of carbonyl (C=O) groups is 2. The Morgan fingerprint density at radius 1 is 1.00 bits per heavy atom. The first-order valence-corrected chi connectivity index (χ1v) is 8.49. The first kappa shape index (κ1) is 13.9. The molecule has 0 bridgehead atoms. The summed E-state index contributed by atoms with van der Waals surface area (Å²) in [6.07, 6.45) is 5.04. The van der Waals surface area contributed by atoms with Crippen LogP contribution in [0.4, 0.5) is 0 Å². The topological polar surface area (TPSA) is 41.8 Å². The fraction of sp³-hybridized carbons (Fsp3) is 0.556. The normalized spacial score (nSPS) is 31.1. The molecule has 4 heteroatoms. The lowest BCUT2D eigenvalue weighted by molar-refractivity contribution is -0.923. The molecule has 0 aromatic heterocycles. The Morgan fingerprint density at radius 3 is 2.32 bits per heavy atom. The molecule has 4 rings (SSSR count). The van der Waals surface area contributed by atoms with Gasteiger partial charge in [0, 0.05) is 12.0 Å². The van der Waals surface area contributed by atoms with E-state index in [-0.39, 0.29) is 23.7 Å². The largest absolute Gasteiger partial charge is 0.313 e. The number of benzene rings is 1. The molecule has 2 aliphatic heterocycles. The van der Waals surface area contributed by atoms with Crippen molar-refractivity contribution in [1.29, 1.82) is 0 Å². The minimum absolute atomic E-state index is 0.0160. The number of hydrogen-bond donors (Lipinski definition) is 1. The van der Waals surface area contributed by atoms with E-state index >= 15 is 0 Å². The van der Waals surface area contributed by atoms with Gasteiger partial charge in [0.25, 0.3) is 0 Å². The Labute approximate surface area is 131 Å². The highest BCUT2D eigenvalue weighted by Gasteiger charge is 2.49. The van der Waals surface area contributed by atoms with Gasteiger partial charge in [-0.25, -0.2) is 4.90 Å². The SMILES string of the molecule is O=C1[C@H]2CCCC[C@H]2C(=O)N1C[NH+]1CCc2ccccc2C1. The second-order valence-corrected chi connectivity index (χ2v) is 6.96. The van der Waals surface area contributed by atoms with Crippen molar-refractivity contribution in [3.8, 4) is 0 Å². The van der Waals surface area contributed by atoms with Gasteiger partial charge in [0.1, 0.15) is 6.54 Å². The van der Waals surface area contributed by atoms with Crippen LogP contribution >= 0.6 is 0 Å². The van der Waals surface area contributed by atoms with Gasteiger partial charge in [-0.1, -0.05) is 37.1 Å². The van der Waals surface area contributed by atoms with Crippen molar-refractivity contribution in [2.75, 3.05) is 13.2 Å². The maximum Gasteiger partial charge on any atom is 0.237 e. The average molecular weight is 299 g/mol. The number of likely N-dealkylation sites (tertiary alicyclic amines) is 1. The average Bonchev–Trinajstić information content (AvgIpc) is 2.80. The summed E-state index contributed by atoms with van der Waals surface area (Å²) in [5, 5.41) is 0. The zero-order valence-corrected chi connectivity index (χ0v) is 12.9. The minimum atomic E-state index is -0.0160. The van der Waals surface area contributed by atoms with Crippen LogP contribution in [-0.4, -0.2) is 29.9 Å². The third-order valence-corrected chi connectivity index (χ3v) is 5.62. The Bertz CT molecular complexity index is 589. The summed E-state index contributed by atoms with van der Waals surface area (Å²) in [6, 6.07) is 8.51. The Hall–Kier alpha value is -1.68. The Kier molecular flexibility index (Phi) is 3.49. The standard InChI is InChI=1S/C18H22N2O2/c21-17-15-7-3-4-8-16(15)18(22)20(17)12-19-10-9-13-5-1-2-6-14(13)11-19/h1-2,5-6,15-16H,3-4,7-12H2/p+1/t15-,16+. The molecule has 1 N–H and O–H groups in total. The monoisotopic (exact) mass is 299 g/mol. The summed E-state index contributed by atoms with van der Waals surface area (Å²) in [5.74, 6) is 0.164. The highest BCUT2D eigenvalue weighted by molar-refractivity contribution is 6.05. The van der Waals surface area contributed by atoms with Crippen molar-refractivity contribution in [3.05, 3.63) is 35.4 Å². The summed E-state index contributed by atoms with van der Waals surface area (Å²) in [6.45, 7) is 2.48. The maximum atomic E-state index is 12.6. The van der Waals surface area contributed by atoms with Crippen LogP contribution in [0.1, 0.15) is 36.8 Å². The molecule has 3 atom stereocenters. The van der Waals surface area contributed by atoms with Gasteiger partial charge < -0.3 is 4.90 Å². The number of nitrogens with one attached hydrogen (secondary N) is 1. The van der Waals surface area contributed by atoms with Crippen molar-refractivity contribution in [1.82, 2.24) is 4.90 Å². The molecule has 1 aromatic rings. The van der Waals surface area contributed by atoms with Crippen LogP contribution in [-0.2, 0) is 22.6 Å². The molecule has 1 saturated heterocycles. The van der Waals surface area contributed by atoms with Crippen molar-refractivity contribution >= 4 is 11.8 Å². The third-order valence-electron chi connectivity index (χ3n) is 5.62. The third kappa shape index (κ3) is 2.26. The van der Waals surface area contributed by atoms with E-state index in [1.807, 2.05) is 0 Å². The molecule has 1 aliphatic carbocycles. The van der Waals surface area contributed by atoms with Gasteiger partial charge in [-0.15, -0.1) is 0 Å². The van der Waals surface area contributed by atoms with Gasteiger partial charge in [-0.2, -0.15) is 0 Å². The fourth-order valence-electron chi connectivity index (χ4n) is 4.39. The van der Waals surface area contributed by atoms with Crippen molar-refractivity contribution in [2.24, 2.45) is 11.8 Å². The zero-order valence-electron chi connectivity index (χ0n) is 12.9. The highest BCUT2D eigenvalue weighted by atomic mass is 16.2. The summed E-state index contributed by atoms with van der Waals surface area (Å²) in [7, 11) is 0. The second kappa shape index (κ2) is 5.51. The van der Waals surface area contributed by atoms with E-state index in [2.05, 4.69) is 24.3 Å². The lowest BCUT2D eigenvalue weighted by Crippen LogP contribution is -3.13. The van der Waals surface area contributed by atoms with Crippen molar-refractivity contribution in [2.45, 2.75) is 38.6 Å². The molecule has 4 nitrogen and oxygen atoms in total. The molecule has 1 saturated carbocycles. The van der Waals surface area contributed by atoms with Gasteiger partial charge in [0.05, 0.1) is 18.4 Å². The molecule has 2 heterocycles. The molecule has 0 spiro atoms.